The fourth-order valence-corrected chi connectivity index (χ4v) is 2.39. The molecule has 0 bridgehead atoms. The van der Waals surface area contributed by atoms with Crippen LogP contribution in [0.4, 0.5) is 0 Å². The monoisotopic (exact) mass is 390 g/mol. The molecule has 0 aliphatic heterocycles. The number of hydrogen-bond donors (Lipinski definition) is 1. The first-order valence-electron chi connectivity index (χ1n) is 8.48. The highest BCUT2D eigenvalue weighted by Crippen LogP contribution is 2.31. The van der Waals surface area contributed by atoms with Crippen LogP contribution in [0.5, 0.6) is 17.4 Å². The Morgan fingerprint density at radius 2 is 2.11 bits per heavy atom. The van der Waals surface area contributed by atoms with Gasteiger partial charge in [-0.15, -0.1) is 0 Å². The predicted molar refractivity (Wildman–Crippen MR) is 105 cm³/mol. The topological polar surface area (TPSA) is 69.7 Å². The van der Waals surface area contributed by atoms with E-state index in [9.17, 15) is 4.79 Å². The van der Waals surface area contributed by atoms with Crippen molar-refractivity contribution in [1.29, 1.82) is 0 Å². The Labute approximate surface area is 164 Å². The van der Waals surface area contributed by atoms with Crippen molar-refractivity contribution in [2.24, 2.45) is 0 Å². The molecule has 1 aromatic carbocycles. The fraction of sp³-hybridized carbons (Fsp3) is 0.300. The summed E-state index contributed by atoms with van der Waals surface area (Å²) in [5.74, 6) is 1.50. The van der Waals surface area contributed by atoms with E-state index in [-0.39, 0.29) is 11.9 Å². The molecular weight excluding hydrogens is 368 g/mol. The molecule has 0 saturated carbocycles. The van der Waals surface area contributed by atoms with Gasteiger partial charge in [-0.05, 0) is 30.7 Å². The van der Waals surface area contributed by atoms with Gasteiger partial charge in [0.25, 0.3) is 0 Å². The van der Waals surface area contributed by atoms with Crippen molar-refractivity contribution >= 4 is 23.6 Å². The molecule has 144 valence electrons. The van der Waals surface area contributed by atoms with Crippen LogP contribution in [0.3, 0.4) is 0 Å². The van der Waals surface area contributed by atoms with Gasteiger partial charge in [-0.25, -0.2) is 4.98 Å². The Kier molecular flexibility index (Phi) is 8.10. The lowest BCUT2D eigenvalue weighted by molar-refractivity contribution is -0.119. The van der Waals surface area contributed by atoms with E-state index in [1.807, 2.05) is 25.1 Å². The number of ether oxygens (including phenoxy) is 3. The van der Waals surface area contributed by atoms with E-state index < -0.39 is 0 Å². The van der Waals surface area contributed by atoms with E-state index in [0.29, 0.717) is 35.6 Å². The van der Waals surface area contributed by atoms with Gasteiger partial charge in [-0.2, -0.15) is 0 Å². The molecule has 1 atom stereocenters. The van der Waals surface area contributed by atoms with Crippen LogP contribution in [0, 0.1) is 0 Å². The Balaban J connectivity index is 1.96. The molecule has 2 rings (SSSR count). The highest BCUT2D eigenvalue weighted by molar-refractivity contribution is 6.32. The molecule has 0 spiro atoms. The lowest BCUT2D eigenvalue weighted by atomic mass is 10.2. The number of carbonyl (C=O) groups is 1. The standard InChI is InChI=1S/C20H23ClN2O4/c1-14(23-15(2)24)4-5-16-6-9-20(22-13-16)27-19-8-7-17(12-18(19)21)26-11-10-25-3/h4-9,12-14H,10-11H2,1-3H3,(H,23,24)/b5-4+/t14-/m0/s1. The van der Waals surface area contributed by atoms with E-state index in [1.54, 1.807) is 37.6 Å². The van der Waals surface area contributed by atoms with Gasteiger partial charge < -0.3 is 19.5 Å². The molecule has 1 heterocycles. The maximum absolute atomic E-state index is 11.0. The molecule has 1 N–H and O–H groups in total. The average molecular weight is 391 g/mol. The number of amides is 1. The summed E-state index contributed by atoms with van der Waals surface area (Å²) in [6, 6.07) is 8.76. The zero-order valence-electron chi connectivity index (χ0n) is 15.6. The van der Waals surface area contributed by atoms with Crippen LogP contribution in [0.1, 0.15) is 19.4 Å². The summed E-state index contributed by atoms with van der Waals surface area (Å²) in [6.07, 6.45) is 5.46. The van der Waals surface area contributed by atoms with Gasteiger partial charge in [-0.1, -0.05) is 23.8 Å². The van der Waals surface area contributed by atoms with Crippen LogP contribution >= 0.6 is 11.6 Å². The second kappa shape index (κ2) is 10.5. The largest absolute Gasteiger partial charge is 0.491 e. The summed E-state index contributed by atoms with van der Waals surface area (Å²) in [5, 5.41) is 3.21. The molecule has 6 nitrogen and oxygen atoms in total. The minimum atomic E-state index is -0.0685. The Morgan fingerprint density at radius 3 is 2.74 bits per heavy atom. The number of benzene rings is 1. The summed E-state index contributed by atoms with van der Waals surface area (Å²) in [5.41, 5.74) is 0.896. The summed E-state index contributed by atoms with van der Waals surface area (Å²) >= 11 is 6.24. The van der Waals surface area contributed by atoms with E-state index in [0.717, 1.165) is 5.56 Å². The predicted octanol–water partition coefficient (Wildman–Crippen LogP) is 4.09. The number of nitrogens with one attached hydrogen (secondary N) is 1. The SMILES string of the molecule is COCCOc1ccc(Oc2ccc(/C=C/[C@H](C)NC(C)=O)cn2)c(Cl)c1. The third-order valence-electron chi connectivity index (χ3n) is 3.44. The normalized spacial score (nSPS) is 12.0. The molecule has 27 heavy (non-hydrogen) atoms. The van der Waals surface area contributed by atoms with Gasteiger partial charge >= 0.3 is 0 Å². The second-order valence-electron chi connectivity index (χ2n) is 5.81. The average Bonchev–Trinajstić information content (AvgIpc) is 2.63. The number of pyridine rings is 1. The first-order chi connectivity index (χ1) is 13.0. The lowest BCUT2D eigenvalue weighted by Gasteiger charge is -2.10. The lowest BCUT2D eigenvalue weighted by Crippen LogP contribution is -2.28. The molecular formula is C20H23ClN2O4. The number of hydrogen-bond acceptors (Lipinski definition) is 5. The van der Waals surface area contributed by atoms with Gasteiger partial charge in [0.15, 0.2) is 0 Å². The zero-order chi connectivity index (χ0) is 19.6. The highest BCUT2D eigenvalue weighted by atomic mass is 35.5. The van der Waals surface area contributed by atoms with Crippen molar-refractivity contribution in [3.8, 4) is 17.4 Å². The minimum absolute atomic E-state index is 0.0538. The second-order valence-corrected chi connectivity index (χ2v) is 6.22. The number of rotatable bonds is 9. The number of aromatic nitrogens is 1. The number of halogens is 1. The van der Waals surface area contributed by atoms with Crippen molar-refractivity contribution in [1.82, 2.24) is 10.3 Å². The summed E-state index contributed by atoms with van der Waals surface area (Å²) < 4.78 is 16.2. The van der Waals surface area contributed by atoms with E-state index in [2.05, 4.69) is 10.3 Å². The third-order valence-corrected chi connectivity index (χ3v) is 3.74. The Bertz CT molecular complexity index is 778. The molecule has 1 amide bonds. The number of methoxy groups -OCH3 is 1. The zero-order valence-corrected chi connectivity index (χ0v) is 16.3. The van der Waals surface area contributed by atoms with E-state index in [4.69, 9.17) is 25.8 Å². The summed E-state index contributed by atoms with van der Waals surface area (Å²) in [7, 11) is 1.62. The highest BCUT2D eigenvalue weighted by Gasteiger charge is 2.06. The van der Waals surface area contributed by atoms with Crippen LogP contribution in [0.2, 0.25) is 5.02 Å². The van der Waals surface area contributed by atoms with Crippen molar-refractivity contribution in [3.05, 3.63) is 53.2 Å². The number of nitrogens with zero attached hydrogens (tertiary/aromatic N) is 1. The molecule has 1 aromatic heterocycles. The smallest absolute Gasteiger partial charge is 0.219 e. The summed E-state index contributed by atoms with van der Waals surface area (Å²) in [4.78, 5) is 15.3. The molecule has 2 aromatic rings. The van der Waals surface area contributed by atoms with Gasteiger partial charge in [0.1, 0.15) is 18.1 Å². The van der Waals surface area contributed by atoms with Gasteiger partial charge in [0, 0.05) is 38.4 Å². The van der Waals surface area contributed by atoms with Crippen molar-refractivity contribution < 1.29 is 19.0 Å². The Hall–Kier alpha value is -2.57. The van der Waals surface area contributed by atoms with Crippen LogP contribution in [-0.2, 0) is 9.53 Å². The van der Waals surface area contributed by atoms with Gasteiger partial charge in [-0.3, -0.25) is 4.79 Å². The first-order valence-corrected chi connectivity index (χ1v) is 8.86. The van der Waals surface area contributed by atoms with Crippen LogP contribution < -0.4 is 14.8 Å². The number of carbonyl (C=O) groups excluding carboxylic acids is 1. The molecule has 0 aliphatic rings. The summed E-state index contributed by atoms with van der Waals surface area (Å²) in [6.45, 7) is 4.34. The first kappa shape index (κ1) is 20.7. The maximum Gasteiger partial charge on any atom is 0.219 e. The van der Waals surface area contributed by atoms with E-state index >= 15 is 0 Å². The van der Waals surface area contributed by atoms with Crippen molar-refractivity contribution in [2.45, 2.75) is 19.9 Å². The quantitative estimate of drug-likeness (QED) is 0.653. The minimum Gasteiger partial charge on any atom is -0.491 e. The third kappa shape index (κ3) is 7.29. The van der Waals surface area contributed by atoms with Crippen molar-refractivity contribution in [2.75, 3.05) is 20.3 Å². The fourth-order valence-electron chi connectivity index (χ4n) is 2.18. The van der Waals surface area contributed by atoms with Crippen LogP contribution in [0.25, 0.3) is 6.08 Å². The van der Waals surface area contributed by atoms with Gasteiger partial charge in [0.05, 0.1) is 11.6 Å². The van der Waals surface area contributed by atoms with E-state index in [1.165, 1.54) is 6.92 Å². The molecule has 0 saturated heterocycles. The van der Waals surface area contributed by atoms with Crippen molar-refractivity contribution in [3.63, 3.8) is 0 Å². The van der Waals surface area contributed by atoms with Crippen LogP contribution in [0.15, 0.2) is 42.6 Å². The molecule has 0 aliphatic carbocycles. The Morgan fingerprint density at radius 1 is 1.30 bits per heavy atom. The van der Waals surface area contributed by atoms with Crippen LogP contribution in [-0.4, -0.2) is 37.3 Å². The maximum atomic E-state index is 11.0. The van der Waals surface area contributed by atoms with Gasteiger partial charge in [0.2, 0.25) is 11.8 Å². The molecule has 0 radical (unpaired) electrons. The molecule has 7 heteroatoms. The molecule has 0 unspecified atom stereocenters. The molecule has 0 fully saturated rings.